The van der Waals surface area contributed by atoms with Crippen LogP contribution in [0.3, 0.4) is 0 Å². The maximum Gasteiger partial charge on any atom is 0.278 e. The first-order valence-electron chi connectivity index (χ1n) is 5.95. The van der Waals surface area contributed by atoms with Gasteiger partial charge in [-0.3, -0.25) is 15.1 Å². The Kier molecular flexibility index (Phi) is 5.18. The van der Waals surface area contributed by atoms with Crippen molar-refractivity contribution in [3.05, 3.63) is 33.1 Å². The van der Waals surface area contributed by atoms with E-state index in [0.29, 0.717) is 36.3 Å². The molecule has 100 valence electrons. The summed E-state index contributed by atoms with van der Waals surface area (Å²) >= 11 is 0. The fourth-order valence-corrected chi connectivity index (χ4v) is 1.73. The molecule has 0 aliphatic rings. The highest BCUT2D eigenvalue weighted by molar-refractivity contribution is 5.47. The molecule has 1 aromatic rings. The highest BCUT2D eigenvalue weighted by atomic mass is 16.6. The highest BCUT2D eigenvalue weighted by Crippen LogP contribution is 2.23. The Labute approximate surface area is 106 Å². The van der Waals surface area contributed by atoms with Crippen LogP contribution >= 0.6 is 0 Å². The summed E-state index contributed by atoms with van der Waals surface area (Å²) in [6, 6.07) is 0. The molecule has 0 aromatic carbocycles. The standard InChI is InChI=1S/C12H19N3O3/c1-4-10(16)6-13-7-11-9(3)12(15(17)18)8(2)5-14-11/h5,10,13,16H,4,6-7H2,1-3H3. The van der Waals surface area contributed by atoms with Gasteiger partial charge in [-0.2, -0.15) is 0 Å². The van der Waals surface area contributed by atoms with Crippen molar-refractivity contribution < 1.29 is 10.0 Å². The quantitative estimate of drug-likeness (QED) is 0.592. The minimum Gasteiger partial charge on any atom is -0.392 e. The monoisotopic (exact) mass is 253 g/mol. The average molecular weight is 253 g/mol. The smallest absolute Gasteiger partial charge is 0.278 e. The van der Waals surface area contributed by atoms with Gasteiger partial charge in [0.1, 0.15) is 0 Å². The number of hydrogen-bond donors (Lipinski definition) is 2. The average Bonchev–Trinajstić information content (AvgIpc) is 2.31. The second kappa shape index (κ2) is 6.42. The van der Waals surface area contributed by atoms with E-state index >= 15 is 0 Å². The van der Waals surface area contributed by atoms with Gasteiger partial charge >= 0.3 is 0 Å². The fraction of sp³-hybridized carbons (Fsp3) is 0.583. The summed E-state index contributed by atoms with van der Waals surface area (Å²) in [6.07, 6.45) is 1.79. The first-order chi connectivity index (χ1) is 8.47. The molecule has 1 atom stereocenters. The van der Waals surface area contributed by atoms with Crippen LogP contribution in [0.4, 0.5) is 5.69 Å². The Morgan fingerprint density at radius 1 is 1.56 bits per heavy atom. The molecule has 6 nitrogen and oxygen atoms in total. The molecule has 1 rings (SSSR count). The summed E-state index contributed by atoms with van der Waals surface area (Å²) in [5, 5.41) is 23.4. The number of aryl methyl sites for hydroxylation is 1. The summed E-state index contributed by atoms with van der Waals surface area (Å²) in [7, 11) is 0. The van der Waals surface area contributed by atoms with Crippen LogP contribution in [0.1, 0.15) is 30.2 Å². The zero-order valence-electron chi connectivity index (χ0n) is 10.9. The molecule has 2 N–H and O–H groups in total. The van der Waals surface area contributed by atoms with Gasteiger partial charge in [-0.25, -0.2) is 0 Å². The Morgan fingerprint density at radius 3 is 2.78 bits per heavy atom. The molecule has 0 spiro atoms. The number of nitrogens with zero attached hydrogens (tertiary/aromatic N) is 2. The van der Waals surface area contributed by atoms with E-state index in [1.165, 1.54) is 6.20 Å². The third-order valence-electron chi connectivity index (χ3n) is 2.90. The Hall–Kier alpha value is -1.53. The van der Waals surface area contributed by atoms with Gasteiger partial charge in [-0.1, -0.05) is 6.92 Å². The van der Waals surface area contributed by atoms with Crippen molar-refractivity contribution >= 4 is 5.69 Å². The zero-order chi connectivity index (χ0) is 13.7. The third-order valence-corrected chi connectivity index (χ3v) is 2.90. The number of hydrogen-bond acceptors (Lipinski definition) is 5. The molecule has 0 radical (unpaired) electrons. The summed E-state index contributed by atoms with van der Waals surface area (Å²) in [5.41, 5.74) is 1.92. The van der Waals surface area contributed by atoms with Gasteiger partial charge in [0.05, 0.1) is 16.7 Å². The molecule has 1 heterocycles. The lowest BCUT2D eigenvalue weighted by Crippen LogP contribution is -2.26. The minimum absolute atomic E-state index is 0.123. The van der Waals surface area contributed by atoms with E-state index in [9.17, 15) is 15.2 Å². The van der Waals surface area contributed by atoms with E-state index in [1.54, 1.807) is 13.8 Å². The van der Waals surface area contributed by atoms with E-state index in [2.05, 4.69) is 10.3 Å². The molecule has 0 saturated heterocycles. The Balaban J connectivity index is 2.79. The first kappa shape index (κ1) is 14.5. The molecule has 0 fully saturated rings. The van der Waals surface area contributed by atoms with Crippen molar-refractivity contribution in [3.63, 3.8) is 0 Å². The lowest BCUT2D eigenvalue weighted by molar-refractivity contribution is -0.386. The molecule has 0 aliphatic heterocycles. The molecule has 6 heteroatoms. The molecule has 1 unspecified atom stereocenters. The van der Waals surface area contributed by atoms with Crippen LogP contribution < -0.4 is 5.32 Å². The molecular weight excluding hydrogens is 234 g/mol. The summed E-state index contributed by atoms with van der Waals surface area (Å²) < 4.78 is 0. The fourth-order valence-electron chi connectivity index (χ4n) is 1.73. The number of aliphatic hydroxyl groups is 1. The first-order valence-corrected chi connectivity index (χ1v) is 5.95. The van der Waals surface area contributed by atoms with Crippen molar-refractivity contribution in [2.45, 2.75) is 39.8 Å². The molecule has 0 aliphatic carbocycles. The number of aromatic nitrogens is 1. The van der Waals surface area contributed by atoms with Gasteiger partial charge in [0.2, 0.25) is 0 Å². The van der Waals surface area contributed by atoms with E-state index in [4.69, 9.17) is 0 Å². The summed E-state index contributed by atoms with van der Waals surface area (Å²) in [5.74, 6) is 0. The van der Waals surface area contributed by atoms with Crippen LogP contribution in [-0.4, -0.2) is 27.7 Å². The maximum absolute atomic E-state index is 10.9. The number of nitrogens with one attached hydrogen (secondary N) is 1. The third kappa shape index (κ3) is 3.48. The Bertz CT molecular complexity index is 435. The van der Waals surface area contributed by atoms with Crippen molar-refractivity contribution in [1.29, 1.82) is 0 Å². The molecule has 1 aromatic heterocycles. The van der Waals surface area contributed by atoms with Crippen LogP contribution in [0.15, 0.2) is 6.20 Å². The van der Waals surface area contributed by atoms with Gasteiger partial charge in [0.25, 0.3) is 5.69 Å². The SMILES string of the molecule is CCC(O)CNCc1ncc(C)c([N+](=O)[O-])c1C. The van der Waals surface area contributed by atoms with Gasteiger partial charge < -0.3 is 10.4 Å². The molecule has 0 saturated carbocycles. The lowest BCUT2D eigenvalue weighted by Gasteiger charge is -2.11. The van der Waals surface area contributed by atoms with Crippen molar-refractivity contribution in [3.8, 4) is 0 Å². The summed E-state index contributed by atoms with van der Waals surface area (Å²) in [6.45, 7) is 6.15. The normalized spacial score (nSPS) is 12.4. The highest BCUT2D eigenvalue weighted by Gasteiger charge is 2.18. The van der Waals surface area contributed by atoms with Crippen molar-refractivity contribution in [1.82, 2.24) is 10.3 Å². The predicted octanol–water partition coefficient (Wildman–Crippen LogP) is 1.47. The molecule has 0 bridgehead atoms. The number of nitro groups is 1. The largest absolute Gasteiger partial charge is 0.392 e. The Morgan fingerprint density at radius 2 is 2.22 bits per heavy atom. The van der Waals surface area contributed by atoms with Crippen LogP contribution in [0.5, 0.6) is 0 Å². The van der Waals surface area contributed by atoms with E-state index in [0.717, 1.165) is 0 Å². The molecular formula is C12H19N3O3. The molecule has 18 heavy (non-hydrogen) atoms. The van der Waals surface area contributed by atoms with Crippen LogP contribution in [0.2, 0.25) is 0 Å². The maximum atomic E-state index is 10.9. The van der Waals surface area contributed by atoms with Gasteiger partial charge in [0.15, 0.2) is 0 Å². The van der Waals surface area contributed by atoms with Crippen molar-refractivity contribution in [2.75, 3.05) is 6.54 Å². The van der Waals surface area contributed by atoms with E-state index in [1.807, 2.05) is 6.92 Å². The molecule has 0 amide bonds. The number of rotatable bonds is 6. The minimum atomic E-state index is -0.397. The number of pyridine rings is 1. The van der Waals surface area contributed by atoms with Crippen LogP contribution in [-0.2, 0) is 6.54 Å². The van der Waals surface area contributed by atoms with Crippen LogP contribution in [0, 0.1) is 24.0 Å². The topological polar surface area (TPSA) is 88.3 Å². The van der Waals surface area contributed by atoms with E-state index < -0.39 is 6.10 Å². The second-order valence-electron chi connectivity index (χ2n) is 4.31. The predicted molar refractivity (Wildman–Crippen MR) is 68.4 cm³/mol. The van der Waals surface area contributed by atoms with Gasteiger partial charge in [0, 0.05) is 30.4 Å². The van der Waals surface area contributed by atoms with Gasteiger partial charge in [-0.15, -0.1) is 0 Å². The summed E-state index contributed by atoms with van der Waals surface area (Å²) in [4.78, 5) is 14.8. The van der Waals surface area contributed by atoms with Crippen molar-refractivity contribution in [2.24, 2.45) is 0 Å². The second-order valence-corrected chi connectivity index (χ2v) is 4.31. The lowest BCUT2D eigenvalue weighted by atomic mass is 10.1. The van der Waals surface area contributed by atoms with E-state index in [-0.39, 0.29) is 10.6 Å². The van der Waals surface area contributed by atoms with Gasteiger partial charge in [-0.05, 0) is 20.3 Å². The zero-order valence-corrected chi connectivity index (χ0v) is 10.9. The number of aliphatic hydroxyl groups excluding tert-OH is 1. The van der Waals surface area contributed by atoms with Crippen LogP contribution in [0.25, 0.3) is 0 Å².